The molecule has 4 atom stereocenters. The summed E-state index contributed by atoms with van der Waals surface area (Å²) in [5.41, 5.74) is 3.43. The minimum Gasteiger partial charge on any atom is -0.393 e. The molecule has 0 bridgehead atoms. The van der Waals surface area contributed by atoms with Gasteiger partial charge in [0.2, 0.25) is 0 Å². The highest BCUT2D eigenvalue weighted by atomic mass is 16.3. The first-order valence-corrected chi connectivity index (χ1v) is 11.7. The first kappa shape index (κ1) is 21.1. The molecule has 3 saturated carbocycles. The van der Waals surface area contributed by atoms with E-state index in [2.05, 4.69) is 26.0 Å². The van der Waals surface area contributed by atoms with E-state index in [4.69, 9.17) is 0 Å². The first-order valence-electron chi connectivity index (χ1n) is 11.7. The zero-order valence-corrected chi connectivity index (χ0v) is 17.8. The van der Waals surface area contributed by atoms with Crippen LogP contribution >= 0.6 is 0 Å². The van der Waals surface area contributed by atoms with Gasteiger partial charge in [0.1, 0.15) is 0 Å². The van der Waals surface area contributed by atoms with Crippen LogP contribution < -0.4 is 0 Å². The Morgan fingerprint density at radius 1 is 1.04 bits per heavy atom. The van der Waals surface area contributed by atoms with Gasteiger partial charge in [-0.15, -0.1) is 0 Å². The van der Waals surface area contributed by atoms with Gasteiger partial charge in [0.05, 0.1) is 12.2 Å². The lowest BCUT2D eigenvalue weighted by atomic mass is 9.70. The fourth-order valence-corrected chi connectivity index (χ4v) is 5.98. The second kappa shape index (κ2) is 9.74. The average Bonchev–Trinajstić information content (AvgIpc) is 2.98. The molecule has 3 fully saturated rings. The molecule has 2 nitrogen and oxygen atoms in total. The van der Waals surface area contributed by atoms with E-state index in [9.17, 15) is 10.2 Å². The standard InChI is InChI=1S/C25H42O2/c1-19(2)6-3-4-7-21-11-13-25(18-21)12-5-8-20(17-25)9-10-22-14-23(26)16-24(27)15-22/h9-10,19,21,23-24,26-27H,3-8,11-18H2,1-2H3/b20-9+/t21-,23-,24-,25+/m1/s1. The Balaban J connectivity index is 1.50. The molecule has 154 valence electrons. The number of rotatable bonds is 6. The molecule has 2 heteroatoms. The van der Waals surface area contributed by atoms with Crippen molar-refractivity contribution in [1.82, 2.24) is 0 Å². The summed E-state index contributed by atoms with van der Waals surface area (Å²) in [4.78, 5) is 0. The van der Waals surface area contributed by atoms with E-state index in [1.807, 2.05) is 0 Å². The molecule has 2 N–H and O–H groups in total. The number of allylic oxidation sites excluding steroid dienone is 3. The summed E-state index contributed by atoms with van der Waals surface area (Å²) in [5.74, 6) is 1.82. The normalized spacial score (nSPS) is 36.1. The van der Waals surface area contributed by atoms with Crippen LogP contribution in [0.15, 0.2) is 23.3 Å². The van der Waals surface area contributed by atoms with Crippen molar-refractivity contribution in [3.05, 3.63) is 23.3 Å². The van der Waals surface area contributed by atoms with Gasteiger partial charge in [-0.3, -0.25) is 0 Å². The third kappa shape index (κ3) is 6.46. The van der Waals surface area contributed by atoms with E-state index in [-0.39, 0.29) is 12.2 Å². The Bertz CT molecular complexity index is 520. The summed E-state index contributed by atoms with van der Waals surface area (Å²) < 4.78 is 0. The van der Waals surface area contributed by atoms with E-state index in [0.717, 1.165) is 24.7 Å². The molecule has 0 aromatic carbocycles. The molecule has 0 aliphatic heterocycles. The number of aliphatic hydroxyl groups is 2. The highest BCUT2D eigenvalue weighted by Crippen LogP contribution is 2.53. The zero-order valence-electron chi connectivity index (χ0n) is 17.8. The van der Waals surface area contributed by atoms with Gasteiger partial charge in [-0.25, -0.2) is 0 Å². The van der Waals surface area contributed by atoms with Crippen molar-refractivity contribution in [1.29, 1.82) is 0 Å². The molecular weight excluding hydrogens is 332 g/mol. The lowest BCUT2D eigenvalue weighted by Crippen LogP contribution is -2.24. The third-order valence-corrected chi connectivity index (χ3v) is 7.35. The summed E-state index contributed by atoms with van der Waals surface area (Å²) in [6, 6.07) is 0. The predicted molar refractivity (Wildman–Crippen MR) is 114 cm³/mol. The minimum absolute atomic E-state index is 0.359. The van der Waals surface area contributed by atoms with Crippen LogP contribution in [0.4, 0.5) is 0 Å². The van der Waals surface area contributed by atoms with Crippen molar-refractivity contribution >= 4 is 0 Å². The molecule has 0 radical (unpaired) electrons. The fourth-order valence-electron chi connectivity index (χ4n) is 5.98. The smallest absolute Gasteiger partial charge is 0.0602 e. The van der Waals surface area contributed by atoms with Gasteiger partial charge in [0, 0.05) is 0 Å². The van der Waals surface area contributed by atoms with Crippen molar-refractivity contribution < 1.29 is 10.2 Å². The Hall–Kier alpha value is -0.600. The van der Waals surface area contributed by atoms with Crippen LogP contribution in [0.25, 0.3) is 0 Å². The molecule has 3 aliphatic carbocycles. The molecule has 1 spiro atoms. The molecule has 0 aromatic heterocycles. The Morgan fingerprint density at radius 2 is 1.78 bits per heavy atom. The molecule has 0 amide bonds. The summed E-state index contributed by atoms with van der Waals surface area (Å²) >= 11 is 0. The quantitative estimate of drug-likeness (QED) is 0.534. The number of hydrogen-bond acceptors (Lipinski definition) is 2. The Morgan fingerprint density at radius 3 is 2.52 bits per heavy atom. The Kier molecular flexibility index (Phi) is 7.62. The molecule has 27 heavy (non-hydrogen) atoms. The maximum atomic E-state index is 9.88. The molecular formula is C25H42O2. The molecule has 3 rings (SSSR count). The second-order valence-corrected chi connectivity index (χ2v) is 10.4. The highest BCUT2D eigenvalue weighted by Gasteiger charge is 2.40. The summed E-state index contributed by atoms with van der Waals surface area (Å²) in [5, 5.41) is 19.8. The number of unbranched alkanes of at least 4 members (excludes halogenated alkanes) is 1. The zero-order chi connectivity index (χ0) is 19.3. The van der Waals surface area contributed by atoms with E-state index in [0.29, 0.717) is 11.8 Å². The molecule has 3 aliphatic rings. The van der Waals surface area contributed by atoms with Crippen LogP contribution in [0.2, 0.25) is 0 Å². The molecule has 0 unspecified atom stereocenters. The van der Waals surface area contributed by atoms with E-state index < -0.39 is 0 Å². The van der Waals surface area contributed by atoms with Crippen LogP contribution in [0.5, 0.6) is 0 Å². The highest BCUT2D eigenvalue weighted by molar-refractivity contribution is 5.22. The van der Waals surface area contributed by atoms with Crippen LogP contribution in [0.1, 0.15) is 104 Å². The van der Waals surface area contributed by atoms with Gasteiger partial charge in [-0.1, -0.05) is 62.8 Å². The largest absolute Gasteiger partial charge is 0.393 e. The first-order chi connectivity index (χ1) is 12.9. The third-order valence-electron chi connectivity index (χ3n) is 7.35. The van der Waals surface area contributed by atoms with Gasteiger partial charge in [0.25, 0.3) is 0 Å². The lowest BCUT2D eigenvalue weighted by Gasteiger charge is -2.35. The second-order valence-electron chi connectivity index (χ2n) is 10.4. The van der Waals surface area contributed by atoms with Gasteiger partial charge >= 0.3 is 0 Å². The van der Waals surface area contributed by atoms with Crippen LogP contribution in [0, 0.1) is 17.3 Å². The summed E-state index contributed by atoms with van der Waals surface area (Å²) in [6.07, 6.45) is 21.2. The molecule has 0 saturated heterocycles. The van der Waals surface area contributed by atoms with Crippen molar-refractivity contribution in [3.63, 3.8) is 0 Å². The van der Waals surface area contributed by atoms with E-state index >= 15 is 0 Å². The fraction of sp³-hybridized carbons (Fsp3) is 0.840. The number of aliphatic hydroxyl groups excluding tert-OH is 2. The Labute approximate surface area is 167 Å². The van der Waals surface area contributed by atoms with Crippen molar-refractivity contribution in [2.24, 2.45) is 17.3 Å². The summed E-state index contributed by atoms with van der Waals surface area (Å²) in [7, 11) is 0. The van der Waals surface area contributed by atoms with E-state index in [1.165, 1.54) is 76.2 Å². The van der Waals surface area contributed by atoms with Crippen molar-refractivity contribution in [2.45, 2.75) is 116 Å². The predicted octanol–water partition coefficient (Wildman–Crippen LogP) is 6.32. The van der Waals surface area contributed by atoms with Gasteiger partial charge in [0.15, 0.2) is 0 Å². The average molecular weight is 375 g/mol. The molecule has 0 aromatic rings. The van der Waals surface area contributed by atoms with Crippen LogP contribution in [-0.2, 0) is 0 Å². The van der Waals surface area contributed by atoms with Crippen LogP contribution in [0.3, 0.4) is 0 Å². The molecule has 0 heterocycles. The maximum absolute atomic E-state index is 9.88. The van der Waals surface area contributed by atoms with Gasteiger partial charge in [-0.2, -0.15) is 0 Å². The minimum atomic E-state index is -0.359. The topological polar surface area (TPSA) is 40.5 Å². The number of hydrogen-bond donors (Lipinski definition) is 2. The van der Waals surface area contributed by atoms with Crippen LogP contribution in [-0.4, -0.2) is 22.4 Å². The van der Waals surface area contributed by atoms with Crippen molar-refractivity contribution in [3.8, 4) is 0 Å². The van der Waals surface area contributed by atoms with E-state index in [1.54, 1.807) is 5.57 Å². The monoisotopic (exact) mass is 374 g/mol. The lowest BCUT2D eigenvalue weighted by molar-refractivity contribution is 0.0609. The van der Waals surface area contributed by atoms with Gasteiger partial charge < -0.3 is 10.2 Å². The maximum Gasteiger partial charge on any atom is 0.0602 e. The summed E-state index contributed by atoms with van der Waals surface area (Å²) in [6.45, 7) is 4.68. The SMILES string of the molecule is CC(C)CCCC[C@@H]1CC[C@]2(CCC/C(=C\C=C3C[C@@H](O)C[C@H](O)C3)C2)C1. The van der Waals surface area contributed by atoms with Gasteiger partial charge in [-0.05, 0) is 81.5 Å². The van der Waals surface area contributed by atoms with Crippen molar-refractivity contribution in [2.75, 3.05) is 0 Å².